The van der Waals surface area contributed by atoms with Gasteiger partial charge in [-0.05, 0) is 279 Å². The van der Waals surface area contributed by atoms with Crippen molar-refractivity contribution in [2.24, 2.45) is 0 Å². The third kappa shape index (κ3) is 15.3. The van der Waals surface area contributed by atoms with Crippen LogP contribution in [0.5, 0.6) is 0 Å². The van der Waals surface area contributed by atoms with Crippen molar-refractivity contribution in [2.75, 3.05) is 14.7 Å². The lowest BCUT2D eigenvalue weighted by Gasteiger charge is -2.28. The van der Waals surface area contributed by atoms with Crippen molar-refractivity contribution in [1.82, 2.24) is 13.7 Å². The van der Waals surface area contributed by atoms with Crippen LogP contribution in [0.3, 0.4) is 0 Å². The van der Waals surface area contributed by atoms with Gasteiger partial charge in [-0.2, -0.15) is 0 Å². The number of fused-ring (bicyclic) bond motifs is 13. The van der Waals surface area contributed by atoms with Crippen molar-refractivity contribution in [3.05, 3.63) is 490 Å². The monoisotopic (exact) mass is 1710 g/mol. The largest absolute Gasteiger partial charge is 0.341 e. The minimum Gasteiger partial charge on any atom is -0.341 e. The van der Waals surface area contributed by atoms with Gasteiger partial charge in [-0.15, -0.1) is 0 Å². The lowest BCUT2D eigenvalue weighted by molar-refractivity contribution is 0.660. The Kier molecular flexibility index (Phi) is 21.9. The molecule has 1 aliphatic rings. The number of hydrogen-bond donors (Lipinski definition) is 0. The summed E-state index contributed by atoms with van der Waals surface area (Å²) < 4.78 is 7.24. The molecule has 638 valence electrons. The van der Waals surface area contributed by atoms with Gasteiger partial charge in [-0.25, -0.2) is 0 Å². The zero-order chi connectivity index (χ0) is 89.5. The summed E-state index contributed by atoms with van der Waals surface area (Å²) in [5.74, 6) is 0. The normalized spacial score (nSPS) is 11.9. The molecule has 0 saturated carbocycles. The molecule has 0 saturated heterocycles. The van der Waals surface area contributed by atoms with E-state index < -0.39 is 0 Å². The molecule has 6 heteroatoms. The third-order valence-electron chi connectivity index (χ3n) is 27.2. The van der Waals surface area contributed by atoms with E-state index in [1.54, 1.807) is 0 Å². The molecule has 3 aromatic heterocycles. The van der Waals surface area contributed by atoms with Crippen LogP contribution in [0.4, 0.5) is 51.2 Å². The first-order valence-corrected chi connectivity index (χ1v) is 46.6. The molecule has 0 fully saturated rings. The van der Waals surface area contributed by atoms with Crippen LogP contribution in [0.15, 0.2) is 479 Å². The highest BCUT2D eigenvalue weighted by atomic mass is 15.2. The predicted octanol–water partition coefficient (Wildman–Crippen LogP) is 35.3. The third-order valence-corrected chi connectivity index (χ3v) is 27.2. The maximum Gasteiger partial charge on any atom is 0.0540 e. The molecule has 0 unspecified atom stereocenters. The molecule has 0 atom stereocenters. The molecule has 0 bridgehead atoms. The van der Waals surface area contributed by atoms with E-state index in [9.17, 15) is 0 Å². The second-order valence-corrected chi connectivity index (χ2v) is 35.1. The molecule has 0 aliphatic heterocycles. The summed E-state index contributed by atoms with van der Waals surface area (Å²) in [4.78, 5) is 7.07. The van der Waals surface area contributed by atoms with Gasteiger partial charge < -0.3 is 28.4 Å². The Bertz CT molecular complexity index is 8160. The first kappa shape index (κ1) is 82.2. The summed E-state index contributed by atoms with van der Waals surface area (Å²) in [6.45, 7) is 14.3. The molecule has 20 aromatic carbocycles. The molecule has 3 heterocycles. The van der Waals surface area contributed by atoms with Gasteiger partial charge in [0.1, 0.15) is 0 Å². The van der Waals surface area contributed by atoms with Gasteiger partial charge in [0.2, 0.25) is 0 Å². The quantitative estimate of drug-likeness (QED) is 0.0856. The van der Waals surface area contributed by atoms with E-state index in [0.29, 0.717) is 0 Å². The molecule has 1 aliphatic carbocycles. The van der Waals surface area contributed by atoms with Gasteiger partial charge >= 0.3 is 0 Å². The van der Waals surface area contributed by atoms with E-state index in [-0.39, 0.29) is 5.41 Å². The Hall–Kier alpha value is -16.5. The van der Waals surface area contributed by atoms with Crippen LogP contribution in [-0.2, 0) is 25.0 Å². The highest BCUT2D eigenvalue weighted by molar-refractivity contribution is 6.14. The SMILES string of the molecule is CCn1c2ccccc2c2cc(-c3ccc(N(c4ccccc4)c4ccc(-c5ccccc5)cc4)c4ccccc34)ccc21.CCn1c2ccccc2c2cc(-c3ccc(N(c4ccccc4)c4ccc(-c5ccccc5)cc4)cc3)ccc21.CCn1c2ccccc2c2cc(-c3ccc4c(c3)C(C)(C)c3cc(N(c5ccccc5)c5ccc(-c6ccccc6)cc5)ccc3-4)ccc21. The van der Waals surface area contributed by atoms with Crippen molar-refractivity contribution < 1.29 is 0 Å². The Labute approximate surface area is 778 Å². The maximum absolute atomic E-state index is 2.44. The van der Waals surface area contributed by atoms with Gasteiger partial charge in [0.15, 0.2) is 0 Å². The van der Waals surface area contributed by atoms with Crippen molar-refractivity contribution in [3.8, 4) is 77.9 Å². The van der Waals surface area contributed by atoms with Gasteiger partial charge in [0.25, 0.3) is 0 Å². The topological polar surface area (TPSA) is 24.5 Å². The molecule has 133 heavy (non-hydrogen) atoms. The fourth-order valence-electron chi connectivity index (χ4n) is 20.6. The number of rotatable bonds is 18. The molecule has 23 aromatic rings. The van der Waals surface area contributed by atoms with E-state index in [0.717, 1.165) is 70.8 Å². The number of anilines is 9. The number of aryl methyl sites for hydroxylation is 3. The van der Waals surface area contributed by atoms with Crippen LogP contribution in [0.1, 0.15) is 45.7 Å². The van der Waals surface area contributed by atoms with Crippen LogP contribution in [0.25, 0.3) is 154 Å². The van der Waals surface area contributed by atoms with Gasteiger partial charge in [-0.3, -0.25) is 0 Å². The second kappa shape index (κ2) is 35.5. The molecular weight excluding hydrogens is 1610 g/mol. The van der Waals surface area contributed by atoms with E-state index in [2.05, 4.69) is 542 Å². The Morgan fingerprint density at radius 3 is 0.827 bits per heavy atom. The molecule has 0 N–H and O–H groups in total. The van der Waals surface area contributed by atoms with Crippen LogP contribution in [0, 0.1) is 0 Å². The van der Waals surface area contributed by atoms with Crippen molar-refractivity contribution in [2.45, 2.75) is 59.7 Å². The molecule has 0 amide bonds. The second-order valence-electron chi connectivity index (χ2n) is 35.1. The number of benzene rings is 20. The predicted molar refractivity (Wildman–Crippen MR) is 567 cm³/mol. The van der Waals surface area contributed by atoms with E-state index in [4.69, 9.17) is 0 Å². The molecule has 0 spiro atoms. The summed E-state index contributed by atoms with van der Waals surface area (Å²) in [5, 5.41) is 10.3. The smallest absolute Gasteiger partial charge is 0.0540 e. The van der Waals surface area contributed by atoms with Crippen LogP contribution < -0.4 is 14.7 Å². The van der Waals surface area contributed by atoms with Gasteiger partial charge in [0, 0.05) is 141 Å². The van der Waals surface area contributed by atoms with Crippen LogP contribution in [0.2, 0.25) is 0 Å². The van der Waals surface area contributed by atoms with E-state index in [1.807, 2.05) is 0 Å². The molecule has 6 nitrogen and oxygen atoms in total. The summed E-state index contributed by atoms with van der Waals surface area (Å²) >= 11 is 0. The summed E-state index contributed by atoms with van der Waals surface area (Å²) in [6, 6.07) is 174. The van der Waals surface area contributed by atoms with Crippen molar-refractivity contribution >= 4 is 127 Å². The highest BCUT2D eigenvalue weighted by Gasteiger charge is 2.37. The van der Waals surface area contributed by atoms with E-state index >= 15 is 0 Å². The molecular formula is C127H100N6. The average Bonchev–Trinajstić information content (AvgIpc) is 1.59. The van der Waals surface area contributed by atoms with Gasteiger partial charge in [0.05, 0.1) is 5.69 Å². The van der Waals surface area contributed by atoms with Crippen molar-refractivity contribution in [3.63, 3.8) is 0 Å². The minimum atomic E-state index is -0.154. The summed E-state index contributed by atoms with van der Waals surface area (Å²) in [7, 11) is 0. The van der Waals surface area contributed by atoms with Crippen molar-refractivity contribution in [1.29, 1.82) is 0 Å². The minimum absolute atomic E-state index is 0.154. The Morgan fingerprint density at radius 2 is 0.421 bits per heavy atom. The summed E-state index contributed by atoms with van der Waals surface area (Å²) in [5.41, 5.74) is 38.0. The first-order chi connectivity index (χ1) is 65.6. The Balaban J connectivity index is 0.000000117. The number of para-hydroxylation sites is 6. The van der Waals surface area contributed by atoms with E-state index in [1.165, 1.54) is 165 Å². The fraction of sp³-hybridized carbons (Fsp3) is 0.0709. The lowest BCUT2D eigenvalue weighted by atomic mass is 9.81. The number of aromatic nitrogens is 3. The van der Waals surface area contributed by atoms with Gasteiger partial charge in [-0.1, -0.05) is 329 Å². The lowest BCUT2D eigenvalue weighted by Crippen LogP contribution is -2.16. The highest BCUT2D eigenvalue weighted by Crippen LogP contribution is 2.53. The fourth-order valence-corrected chi connectivity index (χ4v) is 20.6. The Morgan fingerprint density at radius 1 is 0.173 bits per heavy atom. The molecule has 24 rings (SSSR count). The van der Waals surface area contributed by atoms with Crippen LogP contribution >= 0.6 is 0 Å². The summed E-state index contributed by atoms with van der Waals surface area (Å²) in [6.07, 6.45) is 0. The zero-order valence-corrected chi connectivity index (χ0v) is 75.4. The maximum atomic E-state index is 2.44. The standard InChI is InChI=1S/C47H38N2.C42H32N2.C38H30N2/c1-4-48-45-18-12-11-17-41(45)42-29-34(22-28-46(42)48)35-21-26-39-40-27-25-38(31-44(40)47(2,3)43(39)30-35)49(36-15-9-6-10-16-36)37-23-19-33(20-24-37)32-13-7-5-8-14-32;1-2-43-40-20-12-11-19-38(40)39-29-32(23-27-41(39)43)35-26-28-42(37-18-10-9-17-36(35)37)44(33-15-7-4-8-16-33)34-24-21-31(22-25-34)30-13-5-3-6-14-30;1-2-39-37-16-10-9-15-35(37)36-27-31(21-26-38(36)39)30-19-24-34(25-20-30)40(32-13-7-4-8-14-32)33-22-17-29(18-23-33)28-11-5-3-6-12-28/h5-31H,4H2,1-3H3;3-29H,2H2,1H3;3-27H,2H2,1H3. The zero-order valence-electron chi connectivity index (χ0n) is 75.4. The molecule has 0 radical (unpaired) electrons. The number of hydrogen-bond acceptors (Lipinski definition) is 3. The number of nitrogens with zero attached hydrogens (tertiary/aromatic N) is 6. The first-order valence-electron chi connectivity index (χ1n) is 46.6. The average molecular weight is 1710 g/mol. The van der Waals surface area contributed by atoms with Crippen LogP contribution in [-0.4, -0.2) is 13.7 Å².